The van der Waals surface area contributed by atoms with E-state index in [0.29, 0.717) is 11.3 Å². The molecule has 0 fully saturated rings. The lowest BCUT2D eigenvalue weighted by molar-refractivity contribution is 0.103. The van der Waals surface area contributed by atoms with Gasteiger partial charge in [-0.2, -0.15) is 0 Å². The predicted molar refractivity (Wildman–Crippen MR) is 97.5 cm³/mol. The van der Waals surface area contributed by atoms with Gasteiger partial charge in [-0.3, -0.25) is 4.79 Å². The number of halogens is 2. The summed E-state index contributed by atoms with van der Waals surface area (Å²) in [7, 11) is 1.60. The van der Waals surface area contributed by atoms with Gasteiger partial charge in [-0.15, -0.1) is 0 Å². The van der Waals surface area contributed by atoms with Crippen LogP contribution in [0.1, 0.15) is 32.6 Å². The van der Waals surface area contributed by atoms with Crippen molar-refractivity contribution in [2.75, 3.05) is 7.11 Å². The second-order valence-electron chi connectivity index (χ2n) is 4.97. The summed E-state index contributed by atoms with van der Waals surface area (Å²) in [6.07, 6.45) is 0. The van der Waals surface area contributed by atoms with Crippen LogP contribution in [0.3, 0.4) is 0 Å². The van der Waals surface area contributed by atoms with E-state index in [4.69, 9.17) is 4.74 Å². The van der Waals surface area contributed by atoms with Crippen molar-refractivity contribution < 1.29 is 9.53 Å². The molecule has 2 aromatic carbocycles. The fraction of sp³-hybridized carbons (Fsp3) is 0.235. The maximum Gasteiger partial charge on any atom is 0.198 e. The summed E-state index contributed by atoms with van der Waals surface area (Å²) in [5.41, 5.74) is 4.30. The number of benzene rings is 2. The Morgan fingerprint density at radius 1 is 1.19 bits per heavy atom. The number of ketones is 1. The summed E-state index contributed by atoms with van der Waals surface area (Å²) in [6, 6.07) is 7.77. The van der Waals surface area contributed by atoms with Gasteiger partial charge in [0.15, 0.2) is 5.78 Å². The Balaban J connectivity index is 2.72. The molecule has 0 aromatic heterocycles. The molecule has 110 valence electrons. The average molecular weight is 459 g/mol. The van der Waals surface area contributed by atoms with Gasteiger partial charge in [-0.1, -0.05) is 28.1 Å². The number of ether oxygens (including phenoxy) is 1. The second-order valence-corrected chi connectivity index (χ2v) is 6.91. The van der Waals surface area contributed by atoms with Gasteiger partial charge >= 0.3 is 0 Å². The quantitative estimate of drug-likeness (QED) is 0.465. The lowest BCUT2D eigenvalue weighted by Crippen LogP contribution is -2.10. The summed E-state index contributed by atoms with van der Waals surface area (Å²) in [5, 5.41) is 0. The third-order valence-corrected chi connectivity index (χ3v) is 5.78. The lowest BCUT2D eigenvalue weighted by atomic mass is 9.95. The molecule has 0 amide bonds. The fourth-order valence-corrected chi connectivity index (χ4v) is 3.49. The van der Waals surface area contributed by atoms with Gasteiger partial charge < -0.3 is 4.74 Å². The van der Waals surface area contributed by atoms with E-state index >= 15 is 0 Å². The van der Waals surface area contributed by atoms with Crippen molar-refractivity contribution in [3.8, 4) is 5.75 Å². The van der Waals surface area contributed by atoms with Crippen LogP contribution in [0.5, 0.6) is 5.75 Å². The van der Waals surface area contributed by atoms with E-state index in [2.05, 4.69) is 38.5 Å². The maximum absolute atomic E-state index is 13.0. The highest BCUT2D eigenvalue weighted by molar-refractivity contribution is 14.1. The first kappa shape index (κ1) is 16.5. The Morgan fingerprint density at radius 2 is 1.86 bits per heavy atom. The van der Waals surface area contributed by atoms with Crippen molar-refractivity contribution in [3.05, 3.63) is 60.1 Å². The third kappa shape index (κ3) is 3.01. The molecule has 0 atom stereocenters. The van der Waals surface area contributed by atoms with Gasteiger partial charge in [0, 0.05) is 13.6 Å². The van der Waals surface area contributed by atoms with E-state index in [1.807, 2.05) is 45.0 Å². The van der Waals surface area contributed by atoms with Crippen LogP contribution in [-0.4, -0.2) is 12.9 Å². The van der Waals surface area contributed by atoms with E-state index < -0.39 is 0 Å². The molecule has 0 radical (unpaired) electrons. The van der Waals surface area contributed by atoms with Crippen LogP contribution in [0, 0.1) is 24.3 Å². The molecular weight excluding hydrogens is 443 g/mol. The predicted octanol–water partition coefficient (Wildman–Crippen LogP) is 5.22. The monoisotopic (exact) mass is 458 g/mol. The van der Waals surface area contributed by atoms with Crippen LogP contribution in [0.15, 0.2) is 28.7 Å². The summed E-state index contributed by atoms with van der Waals surface area (Å²) in [5.74, 6) is 0.653. The maximum atomic E-state index is 13.0. The van der Waals surface area contributed by atoms with Gasteiger partial charge in [-0.25, -0.2) is 0 Å². The molecule has 0 aliphatic carbocycles. The van der Waals surface area contributed by atoms with Crippen molar-refractivity contribution in [1.82, 2.24) is 0 Å². The van der Waals surface area contributed by atoms with Gasteiger partial charge in [0.2, 0.25) is 0 Å². The van der Waals surface area contributed by atoms with Crippen LogP contribution in [0.25, 0.3) is 0 Å². The highest BCUT2D eigenvalue weighted by Crippen LogP contribution is 2.34. The van der Waals surface area contributed by atoms with Gasteiger partial charge in [0.25, 0.3) is 0 Å². The SMILES string of the molecule is COc1c(C)cc(Br)c(C)c1C(=O)c1cccc(C)c1I. The first-order chi connectivity index (χ1) is 9.88. The van der Waals surface area contributed by atoms with Crippen molar-refractivity contribution in [2.24, 2.45) is 0 Å². The number of hydrogen-bond donors (Lipinski definition) is 0. The smallest absolute Gasteiger partial charge is 0.198 e. The molecule has 0 N–H and O–H groups in total. The van der Waals surface area contributed by atoms with Crippen molar-refractivity contribution in [1.29, 1.82) is 0 Å². The molecule has 2 nitrogen and oxygen atoms in total. The van der Waals surface area contributed by atoms with E-state index in [1.165, 1.54) is 0 Å². The highest BCUT2D eigenvalue weighted by Gasteiger charge is 2.22. The third-order valence-electron chi connectivity index (χ3n) is 3.53. The Labute approximate surface area is 147 Å². The number of carbonyl (C=O) groups is 1. The molecule has 0 bridgehead atoms. The molecule has 0 heterocycles. The summed E-state index contributed by atoms with van der Waals surface area (Å²) >= 11 is 5.75. The van der Waals surface area contributed by atoms with Crippen molar-refractivity contribution in [2.45, 2.75) is 20.8 Å². The zero-order chi connectivity index (χ0) is 15.7. The standard InChI is InChI=1S/C17H16BrIO2/c1-9-6-5-7-12(15(9)19)16(20)14-11(3)13(18)8-10(2)17(14)21-4/h5-8H,1-4H3. The Bertz CT molecular complexity index is 723. The molecule has 0 saturated heterocycles. The molecule has 2 aromatic rings. The first-order valence-electron chi connectivity index (χ1n) is 6.52. The largest absolute Gasteiger partial charge is 0.496 e. The molecule has 0 aliphatic heterocycles. The van der Waals surface area contributed by atoms with Crippen LogP contribution in [0.4, 0.5) is 0 Å². The zero-order valence-electron chi connectivity index (χ0n) is 12.4. The molecular formula is C17H16BrIO2. The minimum atomic E-state index is 0.00171. The van der Waals surface area contributed by atoms with Gasteiger partial charge in [0.05, 0.1) is 12.7 Å². The molecule has 0 aliphatic rings. The number of carbonyl (C=O) groups excluding carboxylic acids is 1. The van der Waals surface area contributed by atoms with Crippen molar-refractivity contribution >= 4 is 44.3 Å². The van der Waals surface area contributed by atoms with Crippen molar-refractivity contribution in [3.63, 3.8) is 0 Å². The Morgan fingerprint density at radius 3 is 2.48 bits per heavy atom. The lowest BCUT2D eigenvalue weighted by Gasteiger charge is -2.16. The number of methoxy groups -OCH3 is 1. The number of rotatable bonds is 3. The molecule has 0 spiro atoms. The second kappa shape index (κ2) is 6.48. The Kier molecular flexibility index (Phi) is 5.09. The Hall–Kier alpha value is -0.880. The van der Waals surface area contributed by atoms with E-state index in [0.717, 1.165) is 30.3 Å². The molecule has 4 heteroatoms. The number of hydrogen-bond acceptors (Lipinski definition) is 2. The molecule has 0 saturated carbocycles. The van der Waals surface area contributed by atoms with E-state index in [9.17, 15) is 4.79 Å². The first-order valence-corrected chi connectivity index (χ1v) is 8.39. The average Bonchev–Trinajstić information content (AvgIpc) is 2.44. The van der Waals surface area contributed by atoms with E-state index in [1.54, 1.807) is 7.11 Å². The summed E-state index contributed by atoms with van der Waals surface area (Å²) in [6.45, 7) is 5.89. The molecule has 21 heavy (non-hydrogen) atoms. The normalized spacial score (nSPS) is 10.6. The van der Waals surface area contributed by atoms with E-state index in [-0.39, 0.29) is 5.78 Å². The topological polar surface area (TPSA) is 26.3 Å². The highest BCUT2D eigenvalue weighted by atomic mass is 127. The fourth-order valence-electron chi connectivity index (χ4n) is 2.34. The number of aryl methyl sites for hydroxylation is 2. The minimum absolute atomic E-state index is 0.00171. The van der Waals surface area contributed by atoms with Gasteiger partial charge in [-0.05, 0) is 72.2 Å². The molecule has 2 rings (SSSR count). The van der Waals surface area contributed by atoms with Crippen LogP contribution < -0.4 is 4.74 Å². The van der Waals surface area contributed by atoms with Crippen LogP contribution in [0.2, 0.25) is 0 Å². The summed E-state index contributed by atoms with van der Waals surface area (Å²) < 4.78 is 7.39. The van der Waals surface area contributed by atoms with Crippen LogP contribution in [-0.2, 0) is 0 Å². The minimum Gasteiger partial charge on any atom is -0.496 e. The van der Waals surface area contributed by atoms with Crippen LogP contribution >= 0.6 is 38.5 Å². The molecule has 0 unspecified atom stereocenters. The zero-order valence-corrected chi connectivity index (χ0v) is 16.1. The van der Waals surface area contributed by atoms with Gasteiger partial charge in [0.1, 0.15) is 5.75 Å². The summed E-state index contributed by atoms with van der Waals surface area (Å²) in [4.78, 5) is 13.0.